The van der Waals surface area contributed by atoms with E-state index >= 15 is 0 Å². The Morgan fingerprint density at radius 1 is 0.733 bits per heavy atom. The zero-order valence-corrected chi connectivity index (χ0v) is 62.7. The number of halogens is 5. The van der Waals surface area contributed by atoms with Crippen LogP contribution in [0, 0.1) is 64.6 Å². The second-order valence-electron chi connectivity index (χ2n) is 28.5. The predicted molar refractivity (Wildman–Crippen MR) is 376 cm³/mol. The van der Waals surface area contributed by atoms with Crippen LogP contribution >= 0.6 is 0 Å². The summed E-state index contributed by atoms with van der Waals surface area (Å²) in [6.45, 7) is 18.5. The van der Waals surface area contributed by atoms with E-state index in [0.717, 1.165) is 0 Å². The number of nitrogens with zero attached hydrogens (tertiary/aromatic N) is 6. The molecular formula is C71H108F5N15O14. The number of anilines is 1. The number of urea groups is 1. The van der Waals surface area contributed by atoms with Gasteiger partial charge in [0.05, 0.1) is 48.7 Å². The van der Waals surface area contributed by atoms with Crippen molar-refractivity contribution in [2.75, 3.05) is 60.3 Å². The summed E-state index contributed by atoms with van der Waals surface area (Å²) in [5.41, 5.74) is 6.13. The first-order chi connectivity index (χ1) is 49.5. The van der Waals surface area contributed by atoms with Crippen LogP contribution in [0.1, 0.15) is 145 Å². The molecule has 0 aliphatic carbocycles. The Hall–Kier alpha value is -8.47. The Balaban J connectivity index is 1.19. The van der Waals surface area contributed by atoms with Gasteiger partial charge in [0, 0.05) is 84.4 Å². The number of esters is 1. The van der Waals surface area contributed by atoms with Gasteiger partial charge in [0.2, 0.25) is 82.1 Å². The van der Waals surface area contributed by atoms with E-state index in [0.29, 0.717) is 31.4 Å². The number of methoxy groups -OCH3 is 2. The number of likely N-dealkylation sites (N-methyl/N-ethyl adjacent to an activating group) is 2. The maximum absolute atomic E-state index is 14.6. The number of carbonyl (C=O) groups is 10. The van der Waals surface area contributed by atoms with E-state index in [9.17, 15) is 75.0 Å². The van der Waals surface area contributed by atoms with Gasteiger partial charge in [0.25, 0.3) is 0 Å². The standard InChI is InChI=1S/C71H108F5N15O14/c1-16-39(8)61(89(13)69(100)59(37(4)5)86-68(99)60(38(6)7)88(11)12)48(103-14)33-52(94)91-29-18-20-47(91)62(104-15)41(10)64(95)84-46(32-49-80-35-81-87-49)65(96)79-34-42-21-23-44(24-22-42)82-66(97)45(19-17-28-78-71(77)102)83-67(98)58(36(2)3)85-50(92)25-26-51(93)90-30-27-43(31-40(90)9)70(101)105-63-56(75)54(73)53(72)55(74)57(63)76/h21-24,35-41,43,45-48,58-62,64,84,95H,16-20,25-34H2,1-15H3,(H,79,96)(H,82,97)(H,83,98)(H,85,92)(H,86,99)(H3,77,78,102)(H,80,81,87)/t39-,40?,41+,43?,45-,46-,47-,48+,58-,59-,60-,61-,62+,64?/m0/s1. The topological polar surface area (TPSA) is 383 Å². The third-order valence-corrected chi connectivity index (χ3v) is 19.6. The van der Waals surface area contributed by atoms with Crippen molar-refractivity contribution in [1.29, 1.82) is 0 Å². The van der Waals surface area contributed by atoms with E-state index in [1.807, 2.05) is 60.5 Å². The second kappa shape index (κ2) is 40.9. The summed E-state index contributed by atoms with van der Waals surface area (Å²) in [5.74, 6) is -21.2. The van der Waals surface area contributed by atoms with Gasteiger partial charge in [-0.25, -0.2) is 22.9 Å². The minimum absolute atomic E-state index is 0.0145. The Kier molecular flexibility index (Phi) is 33.9. The molecule has 0 saturated carbocycles. The van der Waals surface area contributed by atoms with Gasteiger partial charge >= 0.3 is 12.0 Å². The average Bonchev–Trinajstić information content (AvgIpc) is 1.20. The molecule has 2 saturated heterocycles. The van der Waals surface area contributed by atoms with Crippen LogP contribution in [0.4, 0.5) is 32.4 Å². The quantitative estimate of drug-likeness (QED) is 0.00723. The second-order valence-corrected chi connectivity index (χ2v) is 28.5. The highest BCUT2D eigenvalue weighted by molar-refractivity contribution is 5.99. The maximum atomic E-state index is 14.6. The number of carbonyl (C=O) groups excluding carboxylic acids is 10. The summed E-state index contributed by atoms with van der Waals surface area (Å²) in [5, 5.41) is 38.2. The molecule has 3 unspecified atom stereocenters. The Bertz CT molecular complexity index is 3390. The third-order valence-electron chi connectivity index (χ3n) is 19.6. The number of nitrogens with one attached hydrogen (secondary N) is 8. The maximum Gasteiger partial charge on any atom is 0.314 e. The van der Waals surface area contributed by atoms with Crippen LogP contribution in [0.2, 0.25) is 0 Å². The SMILES string of the molecule is CC[C@H](C)[C@@H]([C@@H](CC(=O)N1CCC[C@H]1[C@H](OC)[C@@H](C)C(O)N[C@@H](Cc1nc[nH]n1)C(=O)NCc1ccc(NC(=O)[C@H](CCCNC(N)=O)NC(=O)[C@@H](NC(=O)CCC(=O)N2CCC(C(=O)Oc3c(F)c(F)c(F)c(F)c3F)CC2C)C(C)C)cc1)OC)N(C)C(=O)[C@@H](NC(=O)[C@H](C(C)C)N(C)C)C(C)C. The van der Waals surface area contributed by atoms with Crippen LogP contribution in [0.25, 0.3) is 0 Å². The lowest BCUT2D eigenvalue weighted by atomic mass is 9.89. The number of benzene rings is 2. The Morgan fingerprint density at radius 3 is 1.92 bits per heavy atom. The van der Waals surface area contributed by atoms with Gasteiger partial charge in [-0.15, -0.1) is 0 Å². The number of rotatable bonds is 39. The predicted octanol–water partition coefficient (Wildman–Crippen LogP) is 4.31. The summed E-state index contributed by atoms with van der Waals surface area (Å²) in [4.78, 5) is 147. The van der Waals surface area contributed by atoms with Crippen molar-refractivity contribution in [3.8, 4) is 5.75 Å². The molecule has 2 fully saturated rings. The molecule has 105 heavy (non-hydrogen) atoms. The molecule has 0 bridgehead atoms. The lowest BCUT2D eigenvalue weighted by molar-refractivity contribution is -0.148. The van der Waals surface area contributed by atoms with E-state index in [2.05, 4.69) is 57.1 Å². The molecule has 3 aromatic rings. The van der Waals surface area contributed by atoms with E-state index in [4.69, 9.17) is 15.2 Å². The summed E-state index contributed by atoms with van der Waals surface area (Å²) in [6, 6.07) is -1.06. The van der Waals surface area contributed by atoms with Gasteiger partial charge in [-0.2, -0.15) is 13.9 Å². The molecule has 29 nitrogen and oxygen atoms in total. The number of likely N-dealkylation sites (tertiary alicyclic amines) is 2. The molecule has 11 N–H and O–H groups in total. The molecule has 5 rings (SSSR count). The van der Waals surface area contributed by atoms with Crippen molar-refractivity contribution in [2.45, 2.75) is 213 Å². The zero-order chi connectivity index (χ0) is 78.4. The van der Waals surface area contributed by atoms with Gasteiger partial charge in [0.15, 0.2) is 5.82 Å². The fourth-order valence-electron chi connectivity index (χ4n) is 13.6. The number of aliphatic hydroxyl groups excluding tert-OH is 1. The van der Waals surface area contributed by atoms with Gasteiger partial charge in [-0.05, 0) is 101 Å². The number of amides is 10. The fraction of sp³-hybridized carbons (Fsp3) is 0.662. The lowest BCUT2D eigenvalue weighted by Crippen LogP contribution is -2.59. The highest BCUT2D eigenvalue weighted by Gasteiger charge is 2.45. The van der Waals surface area contributed by atoms with Crippen molar-refractivity contribution >= 4 is 64.9 Å². The molecule has 3 heterocycles. The van der Waals surface area contributed by atoms with E-state index in [-0.39, 0.29) is 112 Å². The normalized spacial score (nSPS) is 18.6. The largest absolute Gasteiger partial charge is 0.420 e. The fourth-order valence-corrected chi connectivity index (χ4v) is 13.6. The molecule has 34 heteroatoms. The first kappa shape index (κ1) is 87.2. The average molecular weight is 1490 g/mol. The smallest absolute Gasteiger partial charge is 0.314 e. The Labute approximate surface area is 610 Å². The van der Waals surface area contributed by atoms with Crippen molar-refractivity contribution in [1.82, 2.24) is 66.7 Å². The van der Waals surface area contributed by atoms with Gasteiger partial charge in [0.1, 0.15) is 30.7 Å². The number of ether oxygens (including phenoxy) is 3. The van der Waals surface area contributed by atoms with Crippen molar-refractivity contribution < 1.29 is 89.2 Å². The first-order valence-corrected chi connectivity index (χ1v) is 35.7. The van der Waals surface area contributed by atoms with E-state index in [1.165, 1.54) is 25.4 Å². The van der Waals surface area contributed by atoms with E-state index in [1.54, 1.807) is 68.8 Å². The van der Waals surface area contributed by atoms with Crippen LogP contribution < -0.4 is 47.7 Å². The first-order valence-electron chi connectivity index (χ1n) is 35.7. The molecule has 586 valence electrons. The number of aliphatic hydroxyl groups is 1. The molecule has 10 amide bonds. The van der Waals surface area contributed by atoms with Gasteiger partial charge in [-0.1, -0.05) is 80.9 Å². The molecule has 1 aromatic heterocycles. The molecule has 2 aromatic carbocycles. The molecule has 0 spiro atoms. The Morgan fingerprint density at radius 2 is 1.37 bits per heavy atom. The van der Waals surface area contributed by atoms with Crippen molar-refractivity contribution in [3.63, 3.8) is 0 Å². The molecular weight excluding hydrogens is 1380 g/mol. The van der Waals surface area contributed by atoms with Crippen molar-refractivity contribution in [2.24, 2.45) is 41.2 Å². The number of primary amides is 1. The van der Waals surface area contributed by atoms with E-state index < -0.39 is 167 Å². The number of aromatic nitrogens is 3. The number of hydrogen-bond acceptors (Lipinski definition) is 18. The number of piperidine rings is 1. The summed E-state index contributed by atoms with van der Waals surface area (Å²) in [6.07, 6.45) is -0.646. The van der Waals surface area contributed by atoms with Crippen LogP contribution in [-0.2, 0) is 65.6 Å². The lowest BCUT2D eigenvalue weighted by Gasteiger charge is -2.41. The number of H-pyrrole nitrogens is 1. The summed E-state index contributed by atoms with van der Waals surface area (Å²) >= 11 is 0. The monoisotopic (exact) mass is 1490 g/mol. The third kappa shape index (κ3) is 24.0. The van der Waals surface area contributed by atoms with Crippen molar-refractivity contribution in [3.05, 3.63) is 71.1 Å². The number of hydrogen-bond donors (Lipinski definition) is 10. The summed E-state index contributed by atoms with van der Waals surface area (Å²) < 4.78 is 86.3. The van der Waals surface area contributed by atoms with Gasteiger partial charge in [-0.3, -0.25) is 58.5 Å². The zero-order valence-electron chi connectivity index (χ0n) is 62.7. The van der Waals surface area contributed by atoms with Gasteiger partial charge < -0.3 is 71.7 Å². The molecule has 2 aliphatic rings. The number of nitrogens with two attached hydrogens (primary N) is 1. The van der Waals surface area contributed by atoms with Crippen LogP contribution in [0.15, 0.2) is 30.6 Å². The van der Waals surface area contributed by atoms with Crippen LogP contribution in [0.3, 0.4) is 0 Å². The highest BCUT2D eigenvalue weighted by Crippen LogP contribution is 2.34. The minimum atomic E-state index is -2.42. The number of aromatic amines is 1. The molecule has 2 aliphatic heterocycles. The molecule has 14 atom stereocenters. The highest BCUT2D eigenvalue weighted by atomic mass is 19.2. The summed E-state index contributed by atoms with van der Waals surface area (Å²) in [7, 11) is 8.33. The van der Waals surface area contributed by atoms with Crippen LogP contribution in [-0.4, -0.2) is 221 Å². The minimum Gasteiger partial charge on any atom is -0.420 e. The molecule has 0 radical (unpaired) electrons. The van der Waals surface area contributed by atoms with Crippen LogP contribution in [0.5, 0.6) is 5.75 Å².